The molecule has 0 aliphatic carbocycles. The molecule has 1 aromatic heterocycles. The van der Waals surface area contributed by atoms with E-state index in [2.05, 4.69) is 32.8 Å². The summed E-state index contributed by atoms with van der Waals surface area (Å²) in [5.41, 5.74) is 2.35. The van der Waals surface area contributed by atoms with Crippen LogP contribution in [0.1, 0.15) is 51.8 Å². The Morgan fingerprint density at radius 1 is 1.19 bits per heavy atom. The van der Waals surface area contributed by atoms with Gasteiger partial charge in [-0.1, -0.05) is 40.5 Å². The minimum Gasteiger partial charge on any atom is -0.299 e. The van der Waals surface area contributed by atoms with Crippen molar-refractivity contribution in [3.8, 4) is 0 Å². The van der Waals surface area contributed by atoms with E-state index >= 15 is 0 Å². The molecule has 92 valence electrons. The third-order valence-corrected chi connectivity index (χ3v) is 2.69. The van der Waals surface area contributed by atoms with E-state index in [1.165, 1.54) is 0 Å². The van der Waals surface area contributed by atoms with Gasteiger partial charge in [-0.25, -0.2) is 0 Å². The molecule has 0 bridgehead atoms. The highest BCUT2D eigenvalue weighted by molar-refractivity contribution is 5.17. The fraction of sp³-hybridized carbons (Fsp3) is 0.769. The number of H-pyrrole nitrogens is 1. The molecule has 0 saturated heterocycles. The number of hydrogen-bond acceptors (Lipinski definition) is 1. The average Bonchev–Trinajstić information content (AvgIpc) is 2.47. The summed E-state index contributed by atoms with van der Waals surface area (Å²) in [4.78, 5) is 12.1. The van der Waals surface area contributed by atoms with Crippen molar-refractivity contribution < 1.29 is 0 Å². The van der Waals surface area contributed by atoms with Gasteiger partial charge in [-0.05, 0) is 18.8 Å². The van der Waals surface area contributed by atoms with Crippen LogP contribution in [0.2, 0.25) is 0 Å². The summed E-state index contributed by atoms with van der Waals surface area (Å²) in [6.07, 6.45) is 4.00. The number of aryl methyl sites for hydroxylation is 1. The van der Waals surface area contributed by atoms with Crippen molar-refractivity contribution in [3.63, 3.8) is 0 Å². The highest BCUT2D eigenvalue weighted by atomic mass is 16.1. The number of hydrogen-bond donors (Lipinski definition) is 1. The van der Waals surface area contributed by atoms with Gasteiger partial charge in [0.05, 0.1) is 0 Å². The Labute approximate surface area is 97.8 Å². The first-order valence-electron chi connectivity index (χ1n) is 6.40. The van der Waals surface area contributed by atoms with Gasteiger partial charge in [0.25, 0.3) is 5.56 Å². The summed E-state index contributed by atoms with van der Waals surface area (Å²) in [5, 5.41) is 3.27. The van der Waals surface area contributed by atoms with Crippen molar-refractivity contribution in [2.45, 2.75) is 59.9 Å². The van der Waals surface area contributed by atoms with Crippen molar-refractivity contribution in [1.29, 1.82) is 0 Å². The monoisotopic (exact) mass is 224 g/mol. The van der Waals surface area contributed by atoms with Crippen LogP contribution in [0.5, 0.6) is 0 Å². The van der Waals surface area contributed by atoms with Crippen LogP contribution in [-0.4, -0.2) is 9.78 Å². The molecular weight excluding hydrogens is 200 g/mol. The maximum atomic E-state index is 12.1. The van der Waals surface area contributed by atoms with E-state index in [0.717, 1.165) is 43.5 Å². The van der Waals surface area contributed by atoms with Crippen LogP contribution in [0.25, 0.3) is 0 Å². The Morgan fingerprint density at radius 3 is 2.31 bits per heavy atom. The molecule has 16 heavy (non-hydrogen) atoms. The third-order valence-electron chi connectivity index (χ3n) is 2.69. The van der Waals surface area contributed by atoms with E-state index in [9.17, 15) is 4.79 Å². The first kappa shape index (κ1) is 13.1. The lowest BCUT2D eigenvalue weighted by Gasteiger charge is -2.04. The summed E-state index contributed by atoms with van der Waals surface area (Å²) in [7, 11) is 0. The van der Waals surface area contributed by atoms with Gasteiger partial charge in [-0.3, -0.25) is 14.6 Å². The number of nitrogens with one attached hydrogen (secondary N) is 1. The standard InChI is InChI=1S/C13H24N2O/c1-5-7-11-12(8-6-2)14-15(13(11)16)9-10(3)4/h10,14H,5-9H2,1-4H3. The number of aromatic amines is 1. The predicted molar refractivity (Wildman–Crippen MR) is 67.9 cm³/mol. The van der Waals surface area contributed by atoms with Gasteiger partial charge in [0.1, 0.15) is 0 Å². The second-order valence-electron chi connectivity index (χ2n) is 4.88. The molecule has 1 N–H and O–H groups in total. The summed E-state index contributed by atoms with van der Waals surface area (Å²) in [5.74, 6) is 0.500. The molecule has 0 radical (unpaired) electrons. The zero-order valence-corrected chi connectivity index (χ0v) is 11.0. The van der Waals surface area contributed by atoms with Crippen LogP contribution < -0.4 is 5.56 Å². The fourth-order valence-electron chi connectivity index (χ4n) is 2.03. The summed E-state index contributed by atoms with van der Waals surface area (Å²) >= 11 is 0. The smallest absolute Gasteiger partial charge is 0.269 e. The van der Waals surface area contributed by atoms with Crippen molar-refractivity contribution in [2.75, 3.05) is 0 Å². The van der Waals surface area contributed by atoms with Gasteiger partial charge in [0.2, 0.25) is 0 Å². The maximum absolute atomic E-state index is 12.1. The second kappa shape index (κ2) is 5.92. The predicted octanol–water partition coefficient (Wildman–Crippen LogP) is 2.74. The zero-order chi connectivity index (χ0) is 12.1. The summed E-state index contributed by atoms with van der Waals surface area (Å²) < 4.78 is 1.78. The van der Waals surface area contributed by atoms with Crippen molar-refractivity contribution in [1.82, 2.24) is 9.78 Å². The highest BCUT2D eigenvalue weighted by Gasteiger charge is 2.12. The molecule has 1 heterocycles. The number of rotatable bonds is 6. The summed E-state index contributed by atoms with van der Waals surface area (Å²) in [6.45, 7) is 9.32. The molecular formula is C13H24N2O. The molecule has 0 aliphatic rings. The van der Waals surface area contributed by atoms with Gasteiger partial charge < -0.3 is 0 Å². The molecule has 1 aromatic rings. The number of aromatic nitrogens is 2. The van der Waals surface area contributed by atoms with Gasteiger partial charge >= 0.3 is 0 Å². The minimum atomic E-state index is 0.194. The van der Waals surface area contributed by atoms with Crippen LogP contribution in [0.3, 0.4) is 0 Å². The topological polar surface area (TPSA) is 37.8 Å². The zero-order valence-electron chi connectivity index (χ0n) is 11.0. The molecule has 0 fully saturated rings. The average molecular weight is 224 g/mol. The van der Waals surface area contributed by atoms with Crippen molar-refractivity contribution in [3.05, 3.63) is 21.6 Å². The molecule has 0 amide bonds. The van der Waals surface area contributed by atoms with Gasteiger partial charge in [0, 0.05) is 17.8 Å². The molecule has 0 unspecified atom stereocenters. The van der Waals surface area contributed by atoms with E-state index in [1.807, 2.05) is 0 Å². The van der Waals surface area contributed by atoms with Gasteiger partial charge in [0.15, 0.2) is 0 Å². The summed E-state index contributed by atoms with van der Waals surface area (Å²) in [6, 6.07) is 0. The molecule has 0 spiro atoms. The number of nitrogens with zero attached hydrogens (tertiary/aromatic N) is 1. The van der Waals surface area contributed by atoms with E-state index < -0.39 is 0 Å². The molecule has 0 aliphatic heterocycles. The van der Waals surface area contributed by atoms with Crippen LogP contribution in [0.15, 0.2) is 4.79 Å². The Kier molecular flexibility index (Phi) is 4.84. The normalized spacial score (nSPS) is 11.3. The molecule has 0 aromatic carbocycles. The van der Waals surface area contributed by atoms with Crippen molar-refractivity contribution >= 4 is 0 Å². The van der Waals surface area contributed by atoms with Crippen LogP contribution >= 0.6 is 0 Å². The first-order valence-corrected chi connectivity index (χ1v) is 6.40. The van der Waals surface area contributed by atoms with Crippen LogP contribution in [0, 0.1) is 5.92 Å². The fourth-order valence-corrected chi connectivity index (χ4v) is 2.03. The Balaban J connectivity index is 3.03. The third kappa shape index (κ3) is 3.00. The largest absolute Gasteiger partial charge is 0.299 e. The molecule has 3 nitrogen and oxygen atoms in total. The molecule has 3 heteroatoms. The Bertz CT molecular complexity index is 374. The quantitative estimate of drug-likeness (QED) is 0.792. The lowest BCUT2D eigenvalue weighted by atomic mass is 10.1. The minimum absolute atomic E-state index is 0.194. The van der Waals surface area contributed by atoms with Gasteiger partial charge in [-0.15, -0.1) is 0 Å². The van der Waals surface area contributed by atoms with E-state index in [1.54, 1.807) is 4.68 Å². The molecule has 0 atom stereocenters. The van der Waals surface area contributed by atoms with E-state index in [4.69, 9.17) is 0 Å². The lowest BCUT2D eigenvalue weighted by molar-refractivity contribution is 0.469. The van der Waals surface area contributed by atoms with Crippen LogP contribution in [0.4, 0.5) is 0 Å². The van der Waals surface area contributed by atoms with E-state index in [0.29, 0.717) is 5.92 Å². The SMILES string of the molecule is CCCc1[nH]n(CC(C)C)c(=O)c1CCC. The highest BCUT2D eigenvalue weighted by Crippen LogP contribution is 2.08. The maximum Gasteiger partial charge on any atom is 0.269 e. The lowest BCUT2D eigenvalue weighted by Crippen LogP contribution is -2.21. The molecule has 0 saturated carbocycles. The first-order chi connectivity index (χ1) is 7.60. The molecule has 1 rings (SSSR count). The Hall–Kier alpha value is -0.990. The Morgan fingerprint density at radius 2 is 1.81 bits per heavy atom. The van der Waals surface area contributed by atoms with Crippen LogP contribution in [-0.2, 0) is 19.4 Å². The second-order valence-corrected chi connectivity index (χ2v) is 4.88. The van der Waals surface area contributed by atoms with E-state index in [-0.39, 0.29) is 5.56 Å². The van der Waals surface area contributed by atoms with Gasteiger partial charge in [-0.2, -0.15) is 0 Å². The van der Waals surface area contributed by atoms with Crippen molar-refractivity contribution in [2.24, 2.45) is 5.92 Å².